The van der Waals surface area contributed by atoms with Gasteiger partial charge in [-0.1, -0.05) is 24.3 Å². The summed E-state index contributed by atoms with van der Waals surface area (Å²) in [5, 5.41) is 5.98. The van der Waals surface area contributed by atoms with Crippen molar-refractivity contribution in [3.8, 4) is 11.1 Å². The molecule has 1 atom stereocenters. The zero-order valence-corrected chi connectivity index (χ0v) is 17.9. The highest BCUT2D eigenvalue weighted by Crippen LogP contribution is 2.32. The number of benzene rings is 3. The molecule has 0 bridgehead atoms. The molecule has 4 aromatic rings. The molecule has 3 aromatic carbocycles. The van der Waals surface area contributed by atoms with Gasteiger partial charge in [0.1, 0.15) is 11.9 Å². The summed E-state index contributed by atoms with van der Waals surface area (Å²) < 4.78 is 13.7. The van der Waals surface area contributed by atoms with Crippen LogP contribution in [0.4, 0.5) is 9.18 Å². The maximum atomic E-state index is 13.7. The molecule has 1 saturated heterocycles. The third kappa shape index (κ3) is 3.31. The van der Waals surface area contributed by atoms with Gasteiger partial charge in [-0.3, -0.25) is 14.9 Å². The number of aromatic nitrogens is 1. The van der Waals surface area contributed by atoms with E-state index in [4.69, 9.17) is 0 Å². The van der Waals surface area contributed by atoms with Crippen molar-refractivity contribution in [3.05, 3.63) is 94.9 Å². The number of halogens is 1. The monoisotopic (exact) mass is 454 g/mol. The molecule has 0 radical (unpaired) electrons. The van der Waals surface area contributed by atoms with E-state index in [1.165, 1.54) is 12.1 Å². The Balaban J connectivity index is 1.40. The highest BCUT2D eigenvalue weighted by Gasteiger charge is 2.34. The number of rotatable bonds is 4. The third-order valence-corrected chi connectivity index (χ3v) is 6.43. The van der Waals surface area contributed by atoms with E-state index >= 15 is 0 Å². The van der Waals surface area contributed by atoms with Crippen molar-refractivity contribution in [2.45, 2.75) is 19.1 Å². The number of urea groups is 1. The zero-order valence-electron chi connectivity index (χ0n) is 17.9. The molecule has 6 rings (SSSR count). The summed E-state index contributed by atoms with van der Waals surface area (Å²) in [5.41, 5.74) is 5.38. The van der Waals surface area contributed by atoms with Gasteiger partial charge in [-0.15, -0.1) is 0 Å². The Morgan fingerprint density at radius 2 is 1.76 bits per heavy atom. The predicted molar refractivity (Wildman–Crippen MR) is 123 cm³/mol. The first-order chi connectivity index (χ1) is 16.5. The number of imide groups is 1. The number of hydrogen-bond donors (Lipinski definition) is 3. The number of hydrogen-bond acceptors (Lipinski definition) is 3. The molecule has 1 fully saturated rings. The minimum atomic E-state index is -0.846. The summed E-state index contributed by atoms with van der Waals surface area (Å²) in [4.78, 5) is 42.0. The maximum absolute atomic E-state index is 13.7. The molecule has 168 valence electrons. The van der Waals surface area contributed by atoms with Crippen LogP contribution in [0.3, 0.4) is 0 Å². The van der Waals surface area contributed by atoms with Gasteiger partial charge in [-0.05, 0) is 69.6 Å². The first-order valence-corrected chi connectivity index (χ1v) is 10.9. The average Bonchev–Trinajstić information content (AvgIpc) is 3.51. The molecule has 3 N–H and O–H groups in total. The fraction of sp³-hybridized carbons (Fsp3) is 0.115. The van der Waals surface area contributed by atoms with Crippen LogP contribution in [0.2, 0.25) is 0 Å². The second-order valence-electron chi connectivity index (χ2n) is 8.55. The number of nitrogens with one attached hydrogen (secondary N) is 3. The number of carbonyl (C=O) groups excluding carboxylic acids is 3. The van der Waals surface area contributed by atoms with Gasteiger partial charge in [0.2, 0.25) is 0 Å². The lowest BCUT2D eigenvalue weighted by atomic mass is 9.94. The molecule has 1 aromatic heterocycles. The summed E-state index contributed by atoms with van der Waals surface area (Å²) in [5.74, 6) is -1.16. The maximum Gasteiger partial charge on any atom is 0.322 e. The standard InChI is InChI=1S/C26H19FN4O3/c27-19-4-1-17-12-31(25(33)21(17)11-19)13-18-10-14(15-3-6-22-16(9-15)7-8-28-22)2-5-20(18)23-24(32)30-26(34)29-23/h1-11,23,28H,12-13H2,(H2,29,30,32,34). The van der Waals surface area contributed by atoms with Gasteiger partial charge in [0, 0.05) is 30.4 Å². The van der Waals surface area contributed by atoms with Gasteiger partial charge in [-0.2, -0.15) is 0 Å². The van der Waals surface area contributed by atoms with Gasteiger partial charge in [-0.25, -0.2) is 9.18 Å². The quantitative estimate of drug-likeness (QED) is 0.407. The molecule has 4 amide bonds. The molecule has 2 aliphatic rings. The van der Waals surface area contributed by atoms with Gasteiger partial charge in [0.05, 0.1) is 0 Å². The zero-order chi connectivity index (χ0) is 23.4. The van der Waals surface area contributed by atoms with Crippen LogP contribution >= 0.6 is 0 Å². The molecule has 34 heavy (non-hydrogen) atoms. The topological polar surface area (TPSA) is 94.3 Å². The number of amides is 4. The molecule has 0 saturated carbocycles. The van der Waals surface area contributed by atoms with Crippen LogP contribution < -0.4 is 10.6 Å². The predicted octanol–water partition coefficient (Wildman–Crippen LogP) is 4.01. The van der Waals surface area contributed by atoms with Crippen LogP contribution in [0.1, 0.15) is 33.1 Å². The van der Waals surface area contributed by atoms with Crippen molar-refractivity contribution in [1.29, 1.82) is 0 Å². The van der Waals surface area contributed by atoms with Crippen LogP contribution in [0, 0.1) is 5.82 Å². The van der Waals surface area contributed by atoms with E-state index in [1.807, 2.05) is 42.6 Å². The van der Waals surface area contributed by atoms with Gasteiger partial charge in [0.25, 0.3) is 11.8 Å². The van der Waals surface area contributed by atoms with Crippen LogP contribution in [-0.4, -0.2) is 27.7 Å². The highest BCUT2D eigenvalue weighted by atomic mass is 19.1. The first-order valence-electron chi connectivity index (χ1n) is 10.9. The molecule has 3 heterocycles. The molecule has 8 heteroatoms. The Kier molecular flexibility index (Phi) is 4.48. The van der Waals surface area contributed by atoms with Crippen molar-refractivity contribution in [1.82, 2.24) is 20.5 Å². The van der Waals surface area contributed by atoms with Crippen molar-refractivity contribution in [3.63, 3.8) is 0 Å². The van der Waals surface area contributed by atoms with Crippen molar-refractivity contribution >= 4 is 28.7 Å². The molecule has 1 unspecified atom stereocenters. The van der Waals surface area contributed by atoms with E-state index in [-0.39, 0.29) is 12.5 Å². The Hall–Kier alpha value is -4.46. The van der Waals surface area contributed by atoms with E-state index in [0.29, 0.717) is 17.7 Å². The molecule has 0 aliphatic carbocycles. The van der Waals surface area contributed by atoms with E-state index in [2.05, 4.69) is 21.7 Å². The average molecular weight is 454 g/mol. The minimum absolute atomic E-state index is 0.213. The summed E-state index contributed by atoms with van der Waals surface area (Å²) in [6.07, 6.45) is 1.88. The number of fused-ring (bicyclic) bond motifs is 2. The lowest BCUT2D eigenvalue weighted by Gasteiger charge is -2.21. The largest absolute Gasteiger partial charge is 0.361 e. The third-order valence-electron chi connectivity index (χ3n) is 6.43. The Morgan fingerprint density at radius 1 is 0.941 bits per heavy atom. The highest BCUT2D eigenvalue weighted by molar-refractivity contribution is 6.05. The van der Waals surface area contributed by atoms with E-state index in [1.54, 1.807) is 11.0 Å². The lowest BCUT2D eigenvalue weighted by Crippen LogP contribution is -2.26. The van der Waals surface area contributed by atoms with Gasteiger partial charge in [0.15, 0.2) is 0 Å². The summed E-state index contributed by atoms with van der Waals surface area (Å²) in [6, 6.07) is 16.5. The van der Waals surface area contributed by atoms with Crippen molar-refractivity contribution < 1.29 is 18.8 Å². The smallest absolute Gasteiger partial charge is 0.322 e. The Labute approximate surface area is 193 Å². The fourth-order valence-corrected chi connectivity index (χ4v) is 4.74. The van der Waals surface area contributed by atoms with Gasteiger partial charge < -0.3 is 15.2 Å². The number of nitrogens with zero attached hydrogens (tertiary/aromatic N) is 1. The van der Waals surface area contributed by atoms with E-state index < -0.39 is 23.8 Å². The molecule has 7 nitrogen and oxygen atoms in total. The van der Waals surface area contributed by atoms with Crippen molar-refractivity contribution in [2.75, 3.05) is 0 Å². The summed E-state index contributed by atoms with van der Waals surface area (Å²) in [7, 11) is 0. The first kappa shape index (κ1) is 20.2. The number of H-pyrrole nitrogens is 1. The normalized spacial score (nSPS) is 17.3. The van der Waals surface area contributed by atoms with Crippen LogP contribution in [0.25, 0.3) is 22.0 Å². The van der Waals surface area contributed by atoms with E-state index in [9.17, 15) is 18.8 Å². The number of aromatic amines is 1. The van der Waals surface area contributed by atoms with Crippen LogP contribution in [0.5, 0.6) is 0 Å². The Bertz CT molecular complexity index is 1510. The second-order valence-corrected chi connectivity index (χ2v) is 8.55. The molecular formula is C26H19FN4O3. The van der Waals surface area contributed by atoms with E-state index in [0.717, 1.165) is 33.2 Å². The summed E-state index contributed by atoms with van der Waals surface area (Å²) >= 11 is 0. The molecule has 0 spiro atoms. The van der Waals surface area contributed by atoms with Crippen molar-refractivity contribution in [2.24, 2.45) is 0 Å². The molecule has 2 aliphatic heterocycles. The summed E-state index contributed by atoms with van der Waals surface area (Å²) in [6.45, 7) is 0.557. The van der Waals surface area contributed by atoms with Gasteiger partial charge >= 0.3 is 6.03 Å². The lowest BCUT2D eigenvalue weighted by molar-refractivity contribution is -0.120. The van der Waals surface area contributed by atoms with Crippen LogP contribution in [0.15, 0.2) is 66.9 Å². The second kappa shape index (κ2) is 7.55. The fourth-order valence-electron chi connectivity index (χ4n) is 4.74. The number of carbonyl (C=O) groups is 3. The molecular weight excluding hydrogens is 435 g/mol. The Morgan fingerprint density at radius 3 is 2.59 bits per heavy atom. The minimum Gasteiger partial charge on any atom is -0.361 e. The SMILES string of the molecule is O=C1NC(=O)C(c2ccc(-c3ccc4[nH]ccc4c3)cc2CN2Cc3ccc(F)cc3C2=O)N1. The van der Waals surface area contributed by atoms with Crippen LogP contribution in [-0.2, 0) is 17.9 Å².